The average Bonchev–Trinajstić information content (AvgIpc) is 2.63. The maximum atomic E-state index is 13.1. The van der Waals surface area contributed by atoms with Crippen LogP contribution in [0.15, 0.2) is 29.2 Å². The molecule has 0 saturated heterocycles. The van der Waals surface area contributed by atoms with E-state index < -0.39 is 0 Å². The second-order valence-corrected chi connectivity index (χ2v) is 9.68. The van der Waals surface area contributed by atoms with E-state index in [9.17, 15) is 9.59 Å². The van der Waals surface area contributed by atoms with E-state index in [1.807, 2.05) is 36.2 Å². The van der Waals surface area contributed by atoms with Crippen molar-refractivity contribution in [3.05, 3.63) is 24.3 Å². The van der Waals surface area contributed by atoms with E-state index in [1.54, 1.807) is 16.7 Å². The maximum Gasteiger partial charge on any atom is 0.242 e. The number of amides is 2. The summed E-state index contributed by atoms with van der Waals surface area (Å²) in [5.41, 5.74) is 0.889. The molecule has 4 aliphatic carbocycles. The third-order valence-corrected chi connectivity index (χ3v) is 8.17. The molecule has 2 amide bonds. The zero-order chi connectivity index (χ0) is 17.8. The van der Waals surface area contributed by atoms with Gasteiger partial charge in [-0.05, 0) is 67.9 Å². The van der Waals surface area contributed by atoms with E-state index in [0.29, 0.717) is 23.6 Å². The Bertz CT molecular complexity index is 721. The van der Waals surface area contributed by atoms with Gasteiger partial charge in [-0.15, -0.1) is 11.8 Å². The van der Waals surface area contributed by atoms with Gasteiger partial charge in [0.1, 0.15) is 6.54 Å². The topological polar surface area (TPSA) is 40.6 Å². The molecule has 0 atom stereocenters. The molecule has 138 valence electrons. The second-order valence-electron chi connectivity index (χ2n) is 8.66. The molecule has 4 fully saturated rings. The number of thioether (sulfide) groups is 1. The predicted octanol–water partition coefficient (Wildman–Crippen LogP) is 3.41. The van der Waals surface area contributed by atoms with Crippen molar-refractivity contribution >= 4 is 29.3 Å². The van der Waals surface area contributed by atoms with Crippen molar-refractivity contribution in [2.24, 2.45) is 23.7 Å². The number of nitrogens with zero attached hydrogens (tertiary/aromatic N) is 2. The van der Waals surface area contributed by atoms with Crippen LogP contribution in [0.25, 0.3) is 0 Å². The van der Waals surface area contributed by atoms with Gasteiger partial charge < -0.3 is 9.80 Å². The van der Waals surface area contributed by atoms with Gasteiger partial charge in [0.2, 0.25) is 11.8 Å². The molecule has 6 rings (SSSR count). The quantitative estimate of drug-likeness (QED) is 0.819. The van der Waals surface area contributed by atoms with Gasteiger partial charge in [-0.1, -0.05) is 12.1 Å². The number of anilines is 1. The molecule has 0 unspecified atom stereocenters. The monoisotopic (exact) mass is 370 g/mol. The van der Waals surface area contributed by atoms with Gasteiger partial charge in [-0.25, -0.2) is 0 Å². The number of hydrogen-bond acceptors (Lipinski definition) is 3. The molecule has 4 saturated carbocycles. The molecule has 4 nitrogen and oxygen atoms in total. The summed E-state index contributed by atoms with van der Waals surface area (Å²) in [5.74, 6) is 3.74. The summed E-state index contributed by atoms with van der Waals surface area (Å²) in [5, 5.41) is 0. The molecule has 0 radical (unpaired) electrons. The van der Waals surface area contributed by atoms with Gasteiger partial charge >= 0.3 is 0 Å². The molecule has 5 aliphatic rings. The van der Waals surface area contributed by atoms with Crippen LogP contribution in [0, 0.1) is 23.7 Å². The Morgan fingerprint density at radius 3 is 2.46 bits per heavy atom. The van der Waals surface area contributed by atoms with Gasteiger partial charge in [0.25, 0.3) is 0 Å². The van der Waals surface area contributed by atoms with Gasteiger partial charge in [-0.2, -0.15) is 0 Å². The molecule has 0 aromatic heterocycles. The molecule has 0 spiro atoms. The van der Waals surface area contributed by atoms with Crippen LogP contribution in [0.2, 0.25) is 0 Å². The molecule has 4 bridgehead atoms. The summed E-state index contributed by atoms with van der Waals surface area (Å²) in [4.78, 5) is 30.4. The Morgan fingerprint density at radius 1 is 1.12 bits per heavy atom. The van der Waals surface area contributed by atoms with Crippen LogP contribution in [-0.2, 0) is 9.59 Å². The SMILES string of the molecule is CN(C(=O)CN1C(=O)CSc2ccccc21)C1C2CC3CC(C2)CC1C3. The largest absolute Gasteiger partial charge is 0.341 e. The van der Waals surface area contributed by atoms with Crippen LogP contribution in [0.3, 0.4) is 0 Å². The number of carbonyl (C=O) groups excluding carboxylic acids is 2. The molecule has 5 heteroatoms. The zero-order valence-electron chi connectivity index (χ0n) is 15.3. The highest BCUT2D eigenvalue weighted by Gasteiger charge is 2.50. The fourth-order valence-corrected chi connectivity index (χ4v) is 7.20. The highest BCUT2D eigenvalue weighted by molar-refractivity contribution is 8.00. The van der Waals surface area contributed by atoms with Crippen LogP contribution in [-0.4, -0.2) is 42.1 Å². The summed E-state index contributed by atoms with van der Waals surface area (Å²) >= 11 is 1.57. The summed E-state index contributed by atoms with van der Waals surface area (Å²) in [6.45, 7) is 0.176. The van der Waals surface area contributed by atoms with E-state index in [-0.39, 0.29) is 18.4 Å². The number of para-hydroxylation sites is 1. The molecule has 1 aliphatic heterocycles. The summed E-state index contributed by atoms with van der Waals surface area (Å²) in [6.07, 6.45) is 6.64. The smallest absolute Gasteiger partial charge is 0.242 e. The van der Waals surface area contributed by atoms with Crippen LogP contribution in [0.5, 0.6) is 0 Å². The minimum absolute atomic E-state index is 0.0422. The standard InChI is InChI=1S/C21H26N2O2S/c1-22(21-15-7-13-6-14(9-15)10-16(21)8-13)19(24)11-23-17-4-2-3-5-18(17)26-12-20(23)25/h2-5,13-16,21H,6-12H2,1H3. The van der Waals surface area contributed by atoms with Crippen LogP contribution < -0.4 is 4.90 Å². The molecular weight excluding hydrogens is 344 g/mol. The Morgan fingerprint density at radius 2 is 1.77 bits per heavy atom. The third-order valence-electron chi connectivity index (χ3n) is 7.12. The van der Waals surface area contributed by atoms with Gasteiger partial charge in [0.05, 0.1) is 11.4 Å². The average molecular weight is 371 g/mol. The Balaban J connectivity index is 1.34. The van der Waals surface area contributed by atoms with Crippen LogP contribution in [0.4, 0.5) is 5.69 Å². The van der Waals surface area contributed by atoms with E-state index in [4.69, 9.17) is 0 Å². The third kappa shape index (κ3) is 2.67. The lowest BCUT2D eigenvalue weighted by molar-refractivity contribution is -0.140. The number of hydrogen-bond donors (Lipinski definition) is 0. The lowest BCUT2D eigenvalue weighted by Crippen LogP contribution is -2.58. The van der Waals surface area contributed by atoms with Crippen LogP contribution >= 0.6 is 11.8 Å². The first kappa shape index (κ1) is 16.7. The fraction of sp³-hybridized carbons (Fsp3) is 0.619. The molecule has 1 aromatic carbocycles. The van der Waals surface area contributed by atoms with Gasteiger partial charge in [0, 0.05) is 18.0 Å². The predicted molar refractivity (Wildman–Crippen MR) is 103 cm³/mol. The van der Waals surface area contributed by atoms with Crippen molar-refractivity contribution in [2.45, 2.75) is 43.0 Å². The normalized spacial score (nSPS) is 34.7. The van der Waals surface area contributed by atoms with Crippen molar-refractivity contribution < 1.29 is 9.59 Å². The van der Waals surface area contributed by atoms with Gasteiger partial charge in [0.15, 0.2) is 0 Å². The Hall–Kier alpha value is -1.49. The lowest BCUT2D eigenvalue weighted by Gasteiger charge is -2.56. The van der Waals surface area contributed by atoms with Crippen LogP contribution in [0.1, 0.15) is 32.1 Å². The van der Waals surface area contributed by atoms with Crippen molar-refractivity contribution in [3.63, 3.8) is 0 Å². The van der Waals surface area contributed by atoms with E-state index in [2.05, 4.69) is 0 Å². The first-order valence-electron chi connectivity index (χ1n) is 9.88. The molecule has 0 N–H and O–H groups in total. The van der Waals surface area contributed by atoms with Crippen molar-refractivity contribution in [3.8, 4) is 0 Å². The highest BCUT2D eigenvalue weighted by Crippen LogP contribution is 2.55. The minimum atomic E-state index is 0.0422. The molecule has 1 heterocycles. The first-order chi connectivity index (χ1) is 12.6. The second kappa shape index (κ2) is 6.29. The molecule has 1 aromatic rings. The van der Waals surface area contributed by atoms with E-state index in [1.165, 1.54) is 32.1 Å². The van der Waals surface area contributed by atoms with Crippen molar-refractivity contribution in [1.82, 2.24) is 4.90 Å². The lowest BCUT2D eigenvalue weighted by atomic mass is 9.54. The minimum Gasteiger partial charge on any atom is -0.341 e. The Labute approximate surface area is 159 Å². The van der Waals surface area contributed by atoms with Crippen molar-refractivity contribution in [2.75, 3.05) is 24.2 Å². The number of benzene rings is 1. The maximum absolute atomic E-state index is 13.1. The summed E-state index contributed by atoms with van der Waals surface area (Å²) in [6, 6.07) is 8.31. The fourth-order valence-electron chi connectivity index (χ4n) is 6.27. The van der Waals surface area contributed by atoms with Gasteiger partial charge in [-0.3, -0.25) is 9.59 Å². The number of rotatable bonds is 3. The summed E-state index contributed by atoms with van der Waals surface area (Å²) in [7, 11) is 1.98. The summed E-state index contributed by atoms with van der Waals surface area (Å²) < 4.78 is 0. The molecule has 26 heavy (non-hydrogen) atoms. The Kier molecular flexibility index (Phi) is 4.03. The number of fused-ring (bicyclic) bond motifs is 1. The number of carbonyl (C=O) groups is 2. The van der Waals surface area contributed by atoms with E-state index in [0.717, 1.165) is 22.4 Å². The highest BCUT2D eigenvalue weighted by atomic mass is 32.2. The van der Waals surface area contributed by atoms with E-state index >= 15 is 0 Å². The zero-order valence-corrected chi connectivity index (χ0v) is 16.1. The number of likely N-dealkylation sites (N-methyl/N-ethyl adjacent to an activating group) is 1. The first-order valence-corrected chi connectivity index (χ1v) is 10.9. The van der Waals surface area contributed by atoms with Crippen molar-refractivity contribution in [1.29, 1.82) is 0 Å². The molecular formula is C21H26N2O2S.